The molecule has 2 aromatic rings. The summed E-state index contributed by atoms with van der Waals surface area (Å²) < 4.78 is 0. The number of hydrogen-bond donors (Lipinski definition) is 1. The summed E-state index contributed by atoms with van der Waals surface area (Å²) in [5, 5.41) is 3.52. The zero-order valence-electron chi connectivity index (χ0n) is 23.2. The van der Waals surface area contributed by atoms with Crippen LogP contribution in [0.25, 0.3) is 5.70 Å². The minimum Gasteiger partial charge on any atom is -0.379 e. The predicted molar refractivity (Wildman–Crippen MR) is 154 cm³/mol. The summed E-state index contributed by atoms with van der Waals surface area (Å²) in [6.07, 6.45) is 8.76. The van der Waals surface area contributed by atoms with Crippen LogP contribution in [0.15, 0.2) is 54.0 Å². The molecule has 0 bridgehead atoms. The van der Waals surface area contributed by atoms with E-state index in [0.717, 1.165) is 30.5 Å². The molecule has 2 aromatic carbocycles. The van der Waals surface area contributed by atoms with Crippen molar-refractivity contribution in [2.24, 2.45) is 16.8 Å². The number of nitrogens with zero attached hydrogens (tertiary/aromatic N) is 1. The molecule has 1 aliphatic carbocycles. The lowest BCUT2D eigenvalue weighted by Gasteiger charge is -2.22. The minimum atomic E-state index is 0.253. The molecule has 0 radical (unpaired) electrons. The first-order valence-electron chi connectivity index (χ1n) is 13.3. The van der Waals surface area contributed by atoms with Crippen LogP contribution in [0.5, 0.6) is 0 Å². The van der Waals surface area contributed by atoms with Gasteiger partial charge in [0.1, 0.15) is 0 Å². The Kier molecular flexibility index (Phi) is 14.2. The first-order valence-corrected chi connectivity index (χ1v) is 13.3. The van der Waals surface area contributed by atoms with Crippen LogP contribution in [0.4, 0.5) is 0 Å². The molecule has 2 nitrogen and oxygen atoms in total. The molecular formula is C32H50N2. The highest BCUT2D eigenvalue weighted by atomic mass is 14.9. The van der Waals surface area contributed by atoms with E-state index in [1.165, 1.54) is 53.5 Å². The summed E-state index contributed by atoms with van der Waals surface area (Å²) in [7, 11) is 0. The fourth-order valence-electron chi connectivity index (χ4n) is 4.22. The SMILES string of the molecule is C=C(NC(C)c1cccc(C)c1)c1ccc(C)c(CC)c1.CC1CCC(C)CC1.CC=NCC. The molecule has 1 atom stereocenters. The molecule has 0 aromatic heterocycles. The van der Waals surface area contributed by atoms with E-state index < -0.39 is 0 Å². The van der Waals surface area contributed by atoms with Gasteiger partial charge in [0.2, 0.25) is 0 Å². The van der Waals surface area contributed by atoms with Gasteiger partial charge in [0.05, 0.1) is 0 Å². The number of hydrogen-bond acceptors (Lipinski definition) is 2. The van der Waals surface area contributed by atoms with Crippen molar-refractivity contribution in [1.82, 2.24) is 5.32 Å². The monoisotopic (exact) mass is 462 g/mol. The van der Waals surface area contributed by atoms with Crippen molar-refractivity contribution in [2.45, 2.75) is 93.5 Å². The third kappa shape index (κ3) is 11.2. The van der Waals surface area contributed by atoms with Crippen LogP contribution in [-0.4, -0.2) is 12.8 Å². The van der Waals surface area contributed by atoms with E-state index in [4.69, 9.17) is 0 Å². The zero-order chi connectivity index (χ0) is 25.5. The molecule has 1 fully saturated rings. The van der Waals surface area contributed by atoms with Gasteiger partial charge in [-0.2, -0.15) is 0 Å². The van der Waals surface area contributed by atoms with Gasteiger partial charge in [0, 0.05) is 18.3 Å². The van der Waals surface area contributed by atoms with Crippen LogP contribution in [0.1, 0.15) is 101 Å². The van der Waals surface area contributed by atoms with Gasteiger partial charge in [-0.25, -0.2) is 0 Å². The maximum absolute atomic E-state index is 4.21. The van der Waals surface area contributed by atoms with Gasteiger partial charge < -0.3 is 5.32 Å². The Hall–Kier alpha value is -2.35. The molecular weight excluding hydrogens is 412 g/mol. The molecule has 2 heteroatoms. The maximum Gasteiger partial charge on any atom is 0.0485 e. The van der Waals surface area contributed by atoms with Gasteiger partial charge in [-0.15, -0.1) is 0 Å². The minimum absolute atomic E-state index is 0.253. The lowest BCUT2D eigenvalue weighted by atomic mass is 9.84. The summed E-state index contributed by atoms with van der Waals surface area (Å²) in [5.74, 6) is 2.04. The molecule has 1 N–H and O–H groups in total. The third-order valence-corrected chi connectivity index (χ3v) is 6.68. The first kappa shape index (κ1) is 29.7. The van der Waals surface area contributed by atoms with Gasteiger partial charge in [-0.05, 0) is 87.4 Å². The van der Waals surface area contributed by atoms with Crippen molar-refractivity contribution in [1.29, 1.82) is 0 Å². The molecule has 0 heterocycles. The van der Waals surface area contributed by atoms with Crippen molar-refractivity contribution >= 4 is 11.9 Å². The van der Waals surface area contributed by atoms with Gasteiger partial charge >= 0.3 is 0 Å². The van der Waals surface area contributed by atoms with Crippen LogP contribution >= 0.6 is 0 Å². The molecule has 1 aliphatic rings. The van der Waals surface area contributed by atoms with Crippen LogP contribution in [0.2, 0.25) is 0 Å². The number of nitrogens with one attached hydrogen (secondary N) is 1. The maximum atomic E-state index is 4.21. The van der Waals surface area contributed by atoms with Crippen molar-refractivity contribution in [3.05, 3.63) is 76.9 Å². The lowest BCUT2D eigenvalue weighted by molar-refractivity contribution is 0.308. The topological polar surface area (TPSA) is 24.4 Å². The normalized spacial score (nSPS) is 18.2. The molecule has 3 rings (SSSR count). The van der Waals surface area contributed by atoms with Crippen molar-refractivity contribution in [3.63, 3.8) is 0 Å². The second-order valence-corrected chi connectivity index (χ2v) is 9.88. The Bertz CT molecular complexity index is 862. The standard InChI is InChI=1S/C20H25N.C8H16.C4H9N/c1-6-18-13-20(11-10-15(18)3)17(5)21-16(4)19-9-7-8-14(2)12-19;1-7-3-5-8(2)6-4-7;1-3-5-4-2/h7-13,16,21H,5-6H2,1-4H3;7-8H,3-6H2,1-2H3;3H,4H2,1-2H3. The highest BCUT2D eigenvalue weighted by Gasteiger charge is 2.13. The Balaban J connectivity index is 0.000000363. The quantitative estimate of drug-likeness (QED) is 0.425. The summed E-state index contributed by atoms with van der Waals surface area (Å²) in [4.78, 5) is 3.85. The van der Waals surface area contributed by atoms with E-state index in [2.05, 4.69) is 101 Å². The van der Waals surface area contributed by atoms with Crippen LogP contribution in [-0.2, 0) is 6.42 Å². The van der Waals surface area contributed by atoms with Gasteiger partial charge in [-0.1, -0.05) is 95.0 Å². The Morgan fingerprint density at radius 1 is 1.03 bits per heavy atom. The smallest absolute Gasteiger partial charge is 0.0485 e. The van der Waals surface area contributed by atoms with Crippen LogP contribution in [0, 0.1) is 25.7 Å². The average Bonchev–Trinajstić information content (AvgIpc) is 2.82. The van der Waals surface area contributed by atoms with E-state index in [-0.39, 0.29) is 6.04 Å². The lowest BCUT2D eigenvalue weighted by Crippen LogP contribution is -2.16. The highest BCUT2D eigenvalue weighted by Crippen LogP contribution is 2.27. The number of rotatable bonds is 6. The molecule has 0 aliphatic heterocycles. The summed E-state index contributed by atoms with van der Waals surface area (Å²) in [6, 6.07) is 15.4. The van der Waals surface area contributed by atoms with E-state index in [1.807, 2.05) is 13.8 Å². The molecule has 188 valence electrons. The summed E-state index contributed by atoms with van der Waals surface area (Å²) >= 11 is 0. The third-order valence-electron chi connectivity index (χ3n) is 6.68. The Morgan fingerprint density at radius 2 is 1.65 bits per heavy atom. The van der Waals surface area contributed by atoms with Gasteiger partial charge in [-0.3, -0.25) is 4.99 Å². The predicted octanol–water partition coefficient (Wildman–Crippen LogP) is 9.12. The molecule has 0 saturated heterocycles. The fourth-order valence-corrected chi connectivity index (χ4v) is 4.22. The average molecular weight is 463 g/mol. The highest BCUT2D eigenvalue weighted by molar-refractivity contribution is 5.63. The van der Waals surface area contributed by atoms with Crippen LogP contribution < -0.4 is 5.32 Å². The van der Waals surface area contributed by atoms with Gasteiger partial charge in [0.15, 0.2) is 0 Å². The van der Waals surface area contributed by atoms with Crippen molar-refractivity contribution in [2.75, 3.05) is 6.54 Å². The Labute approximate surface area is 211 Å². The second kappa shape index (κ2) is 16.3. The molecule has 0 spiro atoms. The summed E-state index contributed by atoms with van der Waals surface area (Å²) in [6.45, 7) is 22.4. The Morgan fingerprint density at radius 3 is 2.12 bits per heavy atom. The van der Waals surface area contributed by atoms with E-state index in [0.29, 0.717) is 0 Å². The van der Waals surface area contributed by atoms with Gasteiger partial charge in [0.25, 0.3) is 0 Å². The van der Waals surface area contributed by atoms with Crippen LogP contribution in [0.3, 0.4) is 0 Å². The number of aliphatic imine (C=N–C) groups is 1. The number of aryl methyl sites for hydroxylation is 3. The van der Waals surface area contributed by atoms with Crippen molar-refractivity contribution in [3.8, 4) is 0 Å². The fraction of sp³-hybridized carbons (Fsp3) is 0.531. The first-order chi connectivity index (χ1) is 16.2. The van der Waals surface area contributed by atoms with Crippen molar-refractivity contribution < 1.29 is 0 Å². The largest absolute Gasteiger partial charge is 0.379 e. The number of benzene rings is 2. The van der Waals surface area contributed by atoms with E-state index in [9.17, 15) is 0 Å². The summed E-state index contributed by atoms with van der Waals surface area (Å²) in [5.41, 5.74) is 7.48. The van der Waals surface area contributed by atoms with E-state index >= 15 is 0 Å². The molecule has 34 heavy (non-hydrogen) atoms. The molecule has 1 unspecified atom stereocenters. The molecule has 0 amide bonds. The second-order valence-electron chi connectivity index (χ2n) is 9.88. The molecule has 1 saturated carbocycles. The zero-order valence-corrected chi connectivity index (χ0v) is 23.2. The van der Waals surface area contributed by atoms with E-state index in [1.54, 1.807) is 6.21 Å².